The lowest BCUT2D eigenvalue weighted by Gasteiger charge is -2.41. The number of aliphatic carboxylic acids is 1. The monoisotopic (exact) mass is 452 g/mol. The van der Waals surface area contributed by atoms with Crippen molar-refractivity contribution in [1.82, 2.24) is 15.0 Å². The summed E-state index contributed by atoms with van der Waals surface area (Å²) in [6.45, 7) is 7.75. The molecule has 2 aromatic heterocycles. The molecule has 3 aromatic rings. The zero-order chi connectivity index (χ0) is 23.0. The molecule has 0 bridgehead atoms. The lowest BCUT2D eigenvalue weighted by Crippen LogP contribution is -2.43. The van der Waals surface area contributed by atoms with Crippen molar-refractivity contribution in [1.29, 1.82) is 0 Å². The van der Waals surface area contributed by atoms with E-state index in [1.165, 1.54) is 11.3 Å². The fourth-order valence-corrected chi connectivity index (χ4v) is 5.89. The number of aryl methyl sites for hydroxylation is 2. The topological polar surface area (TPSA) is 108 Å². The van der Waals surface area contributed by atoms with Crippen molar-refractivity contribution in [3.8, 4) is 10.4 Å². The molecule has 0 saturated heterocycles. The Hall–Kier alpha value is -2.84. The number of carbonyl (C=O) groups is 1. The van der Waals surface area contributed by atoms with Gasteiger partial charge in [0.25, 0.3) is 0 Å². The molecule has 1 fully saturated rings. The van der Waals surface area contributed by atoms with Gasteiger partial charge in [0.05, 0.1) is 10.8 Å². The summed E-state index contributed by atoms with van der Waals surface area (Å²) in [6, 6.07) is 7.98. The summed E-state index contributed by atoms with van der Waals surface area (Å²) >= 11 is 1.46. The predicted molar refractivity (Wildman–Crippen MR) is 125 cm³/mol. The number of carboxylic acids is 1. The van der Waals surface area contributed by atoms with Crippen molar-refractivity contribution >= 4 is 28.9 Å². The van der Waals surface area contributed by atoms with Crippen LogP contribution < -0.4 is 5.32 Å². The number of nitrogens with one attached hydrogen (secondary N) is 1. The van der Waals surface area contributed by atoms with E-state index in [0.29, 0.717) is 23.8 Å². The van der Waals surface area contributed by atoms with Crippen molar-refractivity contribution in [3.63, 3.8) is 0 Å². The summed E-state index contributed by atoms with van der Waals surface area (Å²) in [5, 5.41) is 24.8. The SMILES string of the molecule is Cc1cc(Nc2nccc(C)n2)cc(-c2cnc(C3(O)C[C@@H](C)C(C(=O)O)[C@@H](C)C3)s2)c1. The Morgan fingerprint density at radius 2 is 1.88 bits per heavy atom. The van der Waals surface area contributed by atoms with E-state index in [1.54, 1.807) is 12.4 Å². The maximum absolute atomic E-state index is 11.6. The van der Waals surface area contributed by atoms with E-state index in [0.717, 1.165) is 27.4 Å². The number of thiazole rings is 1. The number of rotatable bonds is 5. The summed E-state index contributed by atoms with van der Waals surface area (Å²) in [5.74, 6) is -0.942. The second kappa shape index (κ2) is 8.60. The minimum absolute atomic E-state index is 0.127. The number of anilines is 2. The Morgan fingerprint density at radius 1 is 1.16 bits per heavy atom. The first kappa shape index (κ1) is 22.4. The molecule has 1 saturated carbocycles. The van der Waals surface area contributed by atoms with Crippen LogP contribution in [0.4, 0.5) is 11.6 Å². The smallest absolute Gasteiger partial charge is 0.307 e. The van der Waals surface area contributed by atoms with E-state index in [1.807, 2.05) is 45.9 Å². The van der Waals surface area contributed by atoms with Crippen LogP contribution in [0.2, 0.25) is 0 Å². The highest BCUT2D eigenvalue weighted by molar-refractivity contribution is 7.15. The number of hydrogen-bond acceptors (Lipinski definition) is 7. The molecule has 1 aliphatic carbocycles. The van der Waals surface area contributed by atoms with Gasteiger partial charge in [-0.3, -0.25) is 4.79 Å². The molecule has 1 aliphatic rings. The number of hydrogen-bond donors (Lipinski definition) is 3. The van der Waals surface area contributed by atoms with E-state index < -0.39 is 17.5 Å². The number of aromatic nitrogens is 3. The van der Waals surface area contributed by atoms with Gasteiger partial charge in [-0.1, -0.05) is 19.9 Å². The first-order valence-corrected chi connectivity index (χ1v) is 11.6. The van der Waals surface area contributed by atoms with Crippen LogP contribution in [-0.2, 0) is 10.4 Å². The van der Waals surface area contributed by atoms with Crippen LogP contribution in [0, 0.1) is 31.6 Å². The Labute approximate surface area is 191 Å². The summed E-state index contributed by atoms with van der Waals surface area (Å²) in [6.07, 6.45) is 4.30. The van der Waals surface area contributed by atoms with Gasteiger partial charge in [0.1, 0.15) is 10.6 Å². The minimum Gasteiger partial charge on any atom is -0.481 e. The maximum Gasteiger partial charge on any atom is 0.307 e. The first-order valence-electron chi connectivity index (χ1n) is 10.7. The summed E-state index contributed by atoms with van der Waals surface area (Å²) in [5.41, 5.74) is 2.73. The minimum atomic E-state index is -1.10. The van der Waals surface area contributed by atoms with E-state index in [9.17, 15) is 15.0 Å². The van der Waals surface area contributed by atoms with Crippen LogP contribution in [0.1, 0.15) is 43.0 Å². The number of benzene rings is 1. The predicted octanol–water partition coefficient (Wildman–Crippen LogP) is 4.91. The molecular weight excluding hydrogens is 424 g/mol. The highest BCUT2D eigenvalue weighted by atomic mass is 32.1. The molecule has 2 heterocycles. The number of nitrogens with zero attached hydrogens (tertiary/aromatic N) is 3. The molecule has 4 rings (SSSR count). The highest BCUT2D eigenvalue weighted by Gasteiger charge is 2.47. The van der Waals surface area contributed by atoms with Gasteiger partial charge < -0.3 is 15.5 Å². The lowest BCUT2D eigenvalue weighted by molar-refractivity contribution is -0.152. The third kappa shape index (κ3) is 4.52. The lowest BCUT2D eigenvalue weighted by atomic mass is 9.67. The molecule has 3 N–H and O–H groups in total. The van der Waals surface area contributed by atoms with E-state index in [2.05, 4.69) is 26.3 Å². The van der Waals surface area contributed by atoms with Crippen molar-refractivity contribution in [3.05, 3.63) is 52.9 Å². The largest absolute Gasteiger partial charge is 0.481 e. The van der Waals surface area contributed by atoms with Gasteiger partial charge in [0, 0.05) is 23.8 Å². The van der Waals surface area contributed by atoms with Gasteiger partial charge in [0.15, 0.2) is 0 Å². The van der Waals surface area contributed by atoms with Gasteiger partial charge >= 0.3 is 5.97 Å². The van der Waals surface area contributed by atoms with Crippen LogP contribution in [0.25, 0.3) is 10.4 Å². The molecule has 2 unspecified atom stereocenters. The average molecular weight is 453 g/mol. The number of carboxylic acid groups (broad SMARTS) is 1. The van der Waals surface area contributed by atoms with Gasteiger partial charge in [-0.05, 0) is 67.9 Å². The third-order valence-corrected chi connectivity index (χ3v) is 7.39. The summed E-state index contributed by atoms with van der Waals surface area (Å²) in [4.78, 5) is 25.8. The van der Waals surface area contributed by atoms with Crippen LogP contribution in [-0.4, -0.2) is 31.1 Å². The van der Waals surface area contributed by atoms with Crippen molar-refractivity contribution in [2.24, 2.45) is 17.8 Å². The molecule has 1 aromatic carbocycles. The van der Waals surface area contributed by atoms with Gasteiger partial charge in [-0.25, -0.2) is 15.0 Å². The zero-order valence-electron chi connectivity index (χ0n) is 18.7. The molecular formula is C24H28N4O3S. The summed E-state index contributed by atoms with van der Waals surface area (Å²) in [7, 11) is 0. The normalized spacial score (nSPS) is 25.5. The second-order valence-electron chi connectivity index (χ2n) is 9.02. The maximum atomic E-state index is 11.6. The molecule has 4 atom stereocenters. The van der Waals surface area contributed by atoms with E-state index in [4.69, 9.17) is 0 Å². The Kier molecular flexibility index (Phi) is 6.01. The zero-order valence-corrected chi connectivity index (χ0v) is 19.5. The number of aliphatic hydroxyl groups is 1. The van der Waals surface area contributed by atoms with Crippen molar-refractivity contribution in [2.45, 2.75) is 46.1 Å². The molecule has 0 spiro atoms. The Morgan fingerprint density at radius 3 is 2.53 bits per heavy atom. The molecule has 7 nitrogen and oxygen atoms in total. The highest BCUT2D eigenvalue weighted by Crippen LogP contribution is 2.47. The van der Waals surface area contributed by atoms with E-state index in [-0.39, 0.29) is 11.8 Å². The quantitative estimate of drug-likeness (QED) is 0.504. The average Bonchev–Trinajstić information content (AvgIpc) is 3.18. The van der Waals surface area contributed by atoms with Crippen LogP contribution in [0.15, 0.2) is 36.7 Å². The van der Waals surface area contributed by atoms with Crippen LogP contribution in [0.3, 0.4) is 0 Å². The fraction of sp³-hybridized carbons (Fsp3) is 0.417. The molecule has 0 amide bonds. The first-order chi connectivity index (χ1) is 15.1. The van der Waals surface area contributed by atoms with Gasteiger partial charge in [0.2, 0.25) is 5.95 Å². The Balaban J connectivity index is 1.60. The van der Waals surface area contributed by atoms with E-state index >= 15 is 0 Å². The van der Waals surface area contributed by atoms with Gasteiger partial charge in [-0.15, -0.1) is 11.3 Å². The molecule has 168 valence electrons. The molecule has 32 heavy (non-hydrogen) atoms. The van der Waals surface area contributed by atoms with Crippen molar-refractivity contribution < 1.29 is 15.0 Å². The second-order valence-corrected chi connectivity index (χ2v) is 10.1. The molecule has 8 heteroatoms. The third-order valence-electron chi connectivity index (χ3n) is 6.15. The molecule has 0 aliphatic heterocycles. The molecule has 0 radical (unpaired) electrons. The van der Waals surface area contributed by atoms with Crippen LogP contribution >= 0.6 is 11.3 Å². The Bertz CT molecular complexity index is 1130. The summed E-state index contributed by atoms with van der Waals surface area (Å²) < 4.78 is 0. The van der Waals surface area contributed by atoms with Gasteiger partial charge in [-0.2, -0.15) is 0 Å². The van der Waals surface area contributed by atoms with Crippen molar-refractivity contribution in [2.75, 3.05) is 5.32 Å². The van der Waals surface area contributed by atoms with Crippen LogP contribution in [0.5, 0.6) is 0 Å². The standard InChI is InChI=1S/C24H28N4O3S/c1-13-7-17(9-18(8-13)28-23-25-6-5-16(4)27-23)19-12-26-22(32-19)24(31)10-14(2)20(21(29)30)15(3)11-24/h5-9,12,14-15,20,31H,10-11H2,1-4H3,(H,29,30)(H,25,27,28)/t14-,15+,20?,24?. The fourth-order valence-electron chi connectivity index (χ4n) is 4.88.